The highest BCUT2D eigenvalue weighted by atomic mass is 32.2. The molecule has 134 valence electrons. The topological polar surface area (TPSA) is 56.2 Å². The Labute approximate surface area is 155 Å². The smallest absolute Gasteiger partial charge is 0.237 e. The summed E-state index contributed by atoms with van der Waals surface area (Å²) >= 11 is 1.33. The summed E-state index contributed by atoms with van der Waals surface area (Å²) in [7, 11) is 1.62. The lowest BCUT2D eigenvalue weighted by Crippen LogP contribution is -2.22. The first kappa shape index (κ1) is 18.0. The van der Waals surface area contributed by atoms with Crippen molar-refractivity contribution in [3.8, 4) is 11.4 Å². The molecular weight excluding hydrogens is 353 g/mol. The maximum atomic E-state index is 13.2. The van der Waals surface area contributed by atoms with Crippen LogP contribution in [0, 0.1) is 5.82 Å². The van der Waals surface area contributed by atoms with Crippen molar-refractivity contribution in [3.05, 3.63) is 66.7 Å². The number of imidazole rings is 1. The molecule has 0 radical (unpaired) electrons. The maximum Gasteiger partial charge on any atom is 0.237 e. The van der Waals surface area contributed by atoms with E-state index in [4.69, 9.17) is 4.74 Å². The molecule has 5 nitrogen and oxygen atoms in total. The number of hydrogen-bond acceptors (Lipinski definition) is 4. The van der Waals surface area contributed by atoms with Crippen LogP contribution in [0.2, 0.25) is 0 Å². The number of amides is 1. The lowest BCUT2D eigenvalue weighted by Gasteiger charge is -2.13. The average Bonchev–Trinajstić information content (AvgIpc) is 3.10. The molecule has 0 spiro atoms. The highest BCUT2D eigenvalue weighted by molar-refractivity contribution is 8.00. The number of aromatic nitrogens is 2. The van der Waals surface area contributed by atoms with E-state index in [-0.39, 0.29) is 5.91 Å². The Balaban J connectivity index is 1.70. The van der Waals surface area contributed by atoms with Gasteiger partial charge in [-0.1, -0.05) is 17.8 Å². The largest absolute Gasteiger partial charge is 0.497 e. The lowest BCUT2D eigenvalue weighted by atomic mass is 10.3. The van der Waals surface area contributed by atoms with Crippen molar-refractivity contribution in [2.24, 2.45) is 0 Å². The van der Waals surface area contributed by atoms with Gasteiger partial charge in [0.05, 0.1) is 12.4 Å². The van der Waals surface area contributed by atoms with Crippen molar-refractivity contribution in [2.45, 2.75) is 17.3 Å². The van der Waals surface area contributed by atoms with Crippen LogP contribution in [-0.4, -0.2) is 27.8 Å². The van der Waals surface area contributed by atoms with E-state index in [2.05, 4.69) is 10.3 Å². The Bertz CT molecular complexity index is 896. The van der Waals surface area contributed by atoms with Crippen molar-refractivity contribution in [3.63, 3.8) is 0 Å². The third kappa shape index (κ3) is 4.23. The molecule has 0 saturated carbocycles. The van der Waals surface area contributed by atoms with Gasteiger partial charge >= 0.3 is 0 Å². The molecular formula is C19H18FN3O2S. The second kappa shape index (κ2) is 8.05. The van der Waals surface area contributed by atoms with E-state index in [0.29, 0.717) is 10.8 Å². The Hall–Kier alpha value is -2.80. The molecule has 7 heteroatoms. The van der Waals surface area contributed by atoms with E-state index >= 15 is 0 Å². The fourth-order valence-corrected chi connectivity index (χ4v) is 3.22. The average molecular weight is 371 g/mol. The summed E-state index contributed by atoms with van der Waals surface area (Å²) in [6, 6.07) is 13.4. The molecule has 0 fully saturated rings. The number of anilines is 1. The molecule has 0 unspecified atom stereocenters. The summed E-state index contributed by atoms with van der Waals surface area (Å²) in [4.78, 5) is 16.7. The summed E-state index contributed by atoms with van der Waals surface area (Å²) in [6.07, 6.45) is 3.52. The normalized spacial score (nSPS) is 11.8. The van der Waals surface area contributed by atoms with E-state index < -0.39 is 11.1 Å². The fraction of sp³-hybridized carbons (Fsp3) is 0.158. The summed E-state index contributed by atoms with van der Waals surface area (Å²) in [5.74, 6) is 0.161. The van der Waals surface area contributed by atoms with Gasteiger partial charge in [-0.05, 0) is 49.4 Å². The Kier molecular flexibility index (Phi) is 5.58. The van der Waals surface area contributed by atoms with Crippen molar-refractivity contribution >= 4 is 23.4 Å². The quantitative estimate of drug-likeness (QED) is 0.662. The predicted molar refractivity (Wildman–Crippen MR) is 100 cm³/mol. The molecule has 2 aromatic carbocycles. The van der Waals surface area contributed by atoms with Gasteiger partial charge < -0.3 is 10.1 Å². The summed E-state index contributed by atoms with van der Waals surface area (Å²) < 4.78 is 20.3. The van der Waals surface area contributed by atoms with Gasteiger partial charge in [0.2, 0.25) is 5.91 Å². The number of thioether (sulfide) groups is 1. The van der Waals surface area contributed by atoms with Gasteiger partial charge in [-0.2, -0.15) is 0 Å². The van der Waals surface area contributed by atoms with Crippen LogP contribution in [0.3, 0.4) is 0 Å². The van der Waals surface area contributed by atoms with Gasteiger partial charge in [0.15, 0.2) is 5.16 Å². The van der Waals surface area contributed by atoms with Gasteiger partial charge in [-0.25, -0.2) is 9.37 Å². The standard InChI is InChI=1S/C19H18FN3O2S/c1-13(18(24)22-15-5-3-4-14(20)12-15)26-19-21-10-11-23(19)16-6-8-17(25-2)9-7-16/h3-13H,1-2H3,(H,22,24)/t13-/m0/s1. The van der Waals surface area contributed by atoms with Crippen LogP contribution in [-0.2, 0) is 4.79 Å². The fourth-order valence-electron chi connectivity index (χ4n) is 2.34. The van der Waals surface area contributed by atoms with Gasteiger partial charge in [-0.15, -0.1) is 0 Å². The number of carbonyl (C=O) groups is 1. The van der Waals surface area contributed by atoms with Crippen LogP contribution in [0.1, 0.15) is 6.92 Å². The van der Waals surface area contributed by atoms with E-state index in [1.165, 1.54) is 23.9 Å². The molecule has 3 aromatic rings. The molecule has 26 heavy (non-hydrogen) atoms. The summed E-state index contributed by atoms with van der Waals surface area (Å²) in [5.41, 5.74) is 1.35. The van der Waals surface area contributed by atoms with Gasteiger partial charge in [0.25, 0.3) is 0 Å². The minimum atomic E-state index is -0.405. The van der Waals surface area contributed by atoms with Crippen LogP contribution in [0.25, 0.3) is 5.69 Å². The van der Waals surface area contributed by atoms with Gasteiger partial charge in [-0.3, -0.25) is 9.36 Å². The Morgan fingerprint density at radius 3 is 2.73 bits per heavy atom. The van der Waals surface area contributed by atoms with Crippen LogP contribution < -0.4 is 10.1 Å². The number of methoxy groups -OCH3 is 1. The first-order valence-corrected chi connectivity index (χ1v) is 8.85. The number of rotatable bonds is 6. The molecule has 3 rings (SSSR count). The molecule has 1 amide bonds. The second-order valence-corrected chi connectivity index (χ2v) is 6.85. The molecule has 1 aromatic heterocycles. The first-order chi connectivity index (χ1) is 12.6. The number of ether oxygens (including phenoxy) is 1. The first-order valence-electron chi connectivity index (χ1n) is 7.97. The zero-order chi connectivity index (χ0) is 18.5. The van der Waals surface area contributed by atoms with Crippen LogP contribution in [0.5, 0.6) is 5.75 Å². The van der Waals surface area contributed by atoms with E-state index in [1.807, 2.05) is 35.0 Å². The highest BCUT2D eigenvalue weighted by Gasteiger charge is 2.18. The lowest BCUT2D eigenvalue weighted by molar-refractivity contribution is -0.115. The van der Waals surface area contributed by atoms with E-state index in [9.17, 15) is 9.18 Å². The molecule has 1 N–H and O–H groups in total. The zero-order valence-corrected chi connectivity index (χ0v) is 15.2. The minimum Gasteiger partial charge on any atom is -0.497 e. The Morgan fingerprint density at radius 1 is 1.27 bits per heavy atom. The van der Waals surface area contributed by atoms with Crippen molar-refractivity contribution < 1.29 is 13.9 Å². The van der Waals surface area contributed by atoms with Crippen molar-refractivity contribution in [1.82, 2.24) is 9.55 Å². The monoisotopic (exact) mass is 371 g/mol. The van der Waals surface area contributed by atoms with E-state index in [1.54, 1.807) is 32.4 Å². The number of hydrogen-bond donors (Lipinski definition) is 1. The molecule has 0 bridgehead atoms. The number of benzene rings is 2. The van der Waals surface area contributed by atoms with Crippen LogP contribution in [0.4, 0.5) is 10.1 Å². The molecule has 0 aliphatic heterocycles. The third-order valence-electron chi connectivity index (χ3n) is 3.70. The van der Waals surface area contributed by atoms with Gasteiger partial charge in [0, 0.05) is 23.8 Å². The highest BCUT2D eigenvalue weighted by Crippen LogP contribution is 2.26. The number of carbonyl (C=O) groups excluding carboxylic acids is 1. The predicted octanol–water partition coefficient (Wildman–Crippen LogP) is 4.14. The zero-order valence-electron chi connectivity index (χ0n) is 14.3. The number of halogens is 1. The molecule has 1 heterocycles. The van der Waals surface area contributed by atoms with Crippen molar-refractivity contribution in [1.29, 1.82) is 0 Å². The van der Waals surface area contributed by atoms with Gasteiger partial charge in [0.1, 0.15) is 11.6 Å². The third-order valence-corrected chi connectivity index (χ3v) is 4.78. The Morgan fingerprint density at radius 2 is 2.04 bits per heavy atom. The van der Waals surface area contributed by atoms with Crippen LogP contribution >= 0.6 is 11.8 Å². The molecule has 0 aliphatic carbocycles. The number of nitrogens with zero attached hydrogens (tertiary/aromatic N) is 2. The molecule has 0 saturated heterocycles. The van der Waals surface area contributed by atoms with Crippen LogP contribution in [0.15, 0.2) is 66.1 Å². The summed E-state index contributed by atoms with van der Waals surface area (Å²) in [5, 5.41) is 3.00. The summed E-state index contributed by atoms with van der Waals surface area (Å²) in [6.45, 7) is 1.78. The minimum absolute atomic E-state index is 0.218. The second-order valence-electron chi connectivity index (χ2n) is 5.54. The number of nitrogens with one attached hydrogen (secondary N) is 1. The van der Waals surface area contributed by atoms with E-state index in [0.717, 1.165) is 11.4 Å². The molecule has 1 atom stereocenters. The SMILES string of the molecule is COc1ccc(-n2ccnc2S[C@@H](C)C(=O)Nc2cccc(F)c2)cc1. The molecule has 0 aliphatic rings. The maximum absolute atomic E-state index is 13.2. The van der Waals surface area contributed by atoms with Crippen molar-refractivity contribution in [2.75, 3.05) is 12.4 Å².